The molecule has 8 heteroatoms. The van der Waals surface area contributed by atoms with Crippen LogP contribution in [0.2, 0.25) is 36.3 Å². The summed E-state index contributed by atoms with van der Waals surface area (Å²) in [5, 5.41) is 3.94. The number of piperidine rings is 2. The van der Waals surface area contributed by atoms with Crippen LogP contribution < -0.4 is 5.32 Å². The van der Waals surface area contributed by atoms with Crippen LogP contribution in [0, 0.1) is 0 Å². The Morgan fingerprint density at radius 3 is 1.42 bits per heavy atom. The van der Waals surface area contributed by atoms with Gasteiger partial charge in [-0.3, -0.25) is 0 Å². The van der Waals surface area contributed by atoms with E-state index >= 15 is 0 Å². The van der Waals surface area contributed by atoms with Crippen LogP contribution in [0.3, 0.4) is 0 Å². The zero-order chi connectivity index (χ0) is 38.1. The normalized spacial score (nSPS) is 17.5. The first-order valence-corrected chi connectivity index (χ1v) is 25.3. The second kappa shape index (κ2) is 18.7. The number of benzene rings is 3. The minimum absolute atomic E-state index is 0. The average molecular weight is 761 g/mol. The van der Waals surface area contributed by atoms with Gasteiger partial charge in [-0.2, -0.15) is 0 Å². The Kier molecular flexibility index (Phi) is 15.8. The van der Waals surface area contributed by atoms with Crippen molar-refractivity contribution in [3.63, 3.8) is 0 Å². The van der Waals surface area contributed by atoms with Crippen LogP contribution in [-0.2, 0) is 31.0 Å². The van der Waals surface area contributed by atoms with E-state index in [0.717, 1.165) is 38.1 Å². The van der Waals surface area contributed by atoms with Crippen LogP contribution in [0.1, 0.15) is 91.3 Å². The summed E-state index contributed by atoms with van der Waals surface area (Å²) in [5.41, 5.74) is 3.90. The standard InChI is InChI=1S/C26H37NO3Si.C18H31NOSi.CH4/c1-25(2,3)31(4,5)30-21-26(23-14-10-7-11-15-23)16-18-27(19-17-26)24(28)29-20-22-12-8-6-9-13-22;1-17(2,3)21(4,5)20-15-18(11-13-19-14-12-18)16-9-7-6-8-10-16;/h6-15H,16-21H2,1-5H3;6-10,19H,11-15H2,1-5H3;1H4. The van der Waals surface area contributed by atoms with E-state index < -0.39 is 16.6 Å². The first kappa shape index (κ1) is 44.6. The highest BCUT2D eigenvalue weighted by Crippen LogP contribution is 2.42. The van der Waals surface area contributed by atoms with Crippen LogP contribution in [0.4, 0.5) is 4.79 Å². The number of amides is 1. The largest absolute Gasteiger partial charge is 0.445 e. The van der Waals surface area contributed by atoms with E-state index in [9.17, 15) is 4.79 Å². The number of likely N-dealkylation sites (tertiary alicyclic amines) is 1. The molecule has 0 aliphatic carbocycles. The van der Waals surface area contributed by atoms with Crippen molar-refractivity contribution >= 4 is 22.7 Å². The summed E-state index contributed by atoms with van der Waals surface area (Å²) in [7, 11) is -3.55. The quantitative estimate of drug-likeness (QED) is 0.209. The minimum atomic E-state index is -1.86. The molecule has 6 nitrogen and oxygen atoms in total. The topological polar surface area (TPSA) is 60.0 Å². The molecule has 2 aliphatic rings. The molecule has 3 aromatic carbocycles. The molecule has 3 aromatic rings. The highest BCUT2D eigenvalue weighted by Gasteiger charge is 2.44. The van der Waals surface area contributed by atoms with E-state index in [4.69, 9.17) is 13.6 Å². The first-order chi connectivity index (χ1) is 24.4. The summed E-state index contributed by atoms with van der Waals surface area (Å²) in [6, 6.07) is 31.5. The van der Waals surface area contributed by atoms with Crippen molar-refractivity contribution in [2.45, 2.75) is 128 Å². The molecular formula is C45H72N2O4Si2. The van der Waals surface area contributed by atoms with E-state index in [1.165, 1.54) is 24.0 Å². The van der Waals surface area contributed by atoms with Crippen molar-refractivity contribution in [1.82, 2.24) is 10.2 Å². The molecule has 294 valence electrons. The number of ether oxygens (including phenoxy) is 1. The number of hydrogen-bond acceptors (Lipinski definition) is 5. The Hall–Kier alpha value is -2.76. The molecule has 0 atom stereocenters. The van der Waals surface area contributed by atoms with Gasteiger partial charge in [0.1, 0.15) is 6.61 Å². The van der Waals surface area contributed by atoms with Gasteiger partial charge >= 0.3 is 6.09 Å². The molecule has 2 heterocycles. The van der Waals surface area contributed by atoms with Gasteiger partial charge in [-0.25, -0.2) is 4.79 Å². The first-order valence-electron chi connectivity index (χ1n) is 19.5. The van der Waals surface area contributed by atoms with Gasteiger partial charge in [-0.05, 0) is 91.7 Å². The maximum absolute atomic E-state index is 12.6. The van der Waals surface area contributed by atoms with Gasteiger partial charge in [-0.1, -0.05) is 140 Å². The van der Waals surface area contributed by atoms with E-state index in [1.807, 2.05) is 35.2 Å². The molecular weight excluding hydrogens is 689 g/mol. The molecule has 2 fully saturated rings. The van der Waals surface area contributed by atoms with Crippen molar-refractivity contribution in [3.05, 3.63) is 108 Å². The van der Waals surface area contributed by atoms with Crippen molar-refractivity contribution in [3.8, 4) is 0 Å². The number of carbonyl (C=O) groups is 1. The van der Waals surface area contributed by atoms with Gasteiger partial charge in [0.05, 0.1) is 0 Å². The molecule has 1 N–H and O–H groups in total. The average Bonchev–Trinajstić information content (AvgIpc) is 3.13. The Bertz CT molecular complexity index is 1500. The predicted molar refractivity (Wildman–Crippen MR) is 229 cm³/mol. The van der Waals surface area contributed by atoms with Gasteiger partial charge in [0.2, 0.25) is 0 Å². The van der Waals surface area contributed by atoms with Crippen LogP contribution in [0.15, 0.2) is 91.0 Å². The Labute approximate surface area is 325 Å². The van der Waals surface area contributed by atoms with Crippen LogP contribution in [0.5, 0.6) is 0 Å². The summed E-state index contributed by atoms with van der Waals surface area (Å²) in [6.07, 6.45) is 3.88. The molecule has 0 saturated carbocycles. The Balaban J connectivity index is 0.000000301. The van der Waals surface area contributed by atoms with E-state index in [1.54, 1.807) is 0 Å². The maximum atomic E-state index is 12.6. The van der Waals surface area contributed by atoms with E-state index in [-0.39, 0.29) is 34.4 Å². The Morgan fingerprint density at radius 1 is 0.642 bits per heavy atom. The molecule has 0 radical (unpaired) electrons. The number of nitrogens with zero attached hydrogens (tertiary/aromatic N) is 1. The molecule has 0 aromatic heterocycles. The van der Waals surface area contributed by atoms with Crippen molar-refractivity contribution in [2.75, 3.05) is 39.4 Å². The summed E-state index contributed by atoms with van der Waals surface area (Å²) in [5.74, 6) is 0. The molecule has 0 bridgehead atoms. The number of hydrogen-bond donors (Lipinski definition) is 1. The molecule has 1 amide bonds. The predicted octanol–water partition coefficient (Wildman–Crippen LogP) is 11.3. The number of rotatable bonds is 10. The molecule has 5 rings (SSSR count). The maximum Gasteiger partial charge on any atom is 0.410 e. The third-order valence-electron chi connectivity index (χ3n) is 12.5. The molecule has 2 aliphatic heterocycles. The van der Waals surface area contributed by atoms with Crippen LogP contribution in [0.25, 0.3) is 0 Å². The van der Waals surface area contributed by atoms with Gasteiger partial charge in [0.25, 0.3) is 0 Å². The van der Waals surface area contributed by atoms with Gasteiger partial charge < -0.3 is 23.8 Å². The minimum Gasteiger partial charge on any atom is -0.445 e. The van der Waals surface area contributed by atoms with Crippen molar-refractivity contribution in [1.29, 1.82) is 0 Å². The fourth-order valence-electron chi connectivity index (χ4n) is 6.52. The van der Waals surface area contributed by atoms with E-state index in [2.05, 4.69) is 134 Å². The smallest absolute Gasteiger partial charge is 0.410 e. The third kappa shape index (κ3) is 11.9. The lowest BCUT2D eigenvalue weighted by Gasteiger charge is -2.45. The monoisotopic (exact) mass is 761 g/mol. The van der Waals surface area contributed by atoms with E-state index in [0.29, 0.717) is 26.3 Å². The van der Waals surface area contributed by atoms with Crippen LogP contribution in [-0.4, -0.2) is 67.0 Å². The second-order valence-corrected chi connectivity index (χ2v) is 27.8. The zero-order valence-corrected chi connectivity index (χ0v) is 36.0. The van der Waals surface area contributed by atoms with Gasteiger partial charge in [0.15, 0.2) is 16.6 Å². The highest BCUT2D eigenvalue weighted by atomic mass is 28.4. The number of carbonyl (C=O) groups excluding carboxylic acids is 1. The fraction of sp³-hybridized carbons (Fsp3) is 0.578. The lowest BCUT2D eigenvalue weighted by atomic mass is 9.73. The zero-order valence-electron chi connectivity index (χ0n) is 34.0. The lowest BCUT2D eigenvalue weighted by Crippen LogP contribution is -2.50. The third-order valence-corrected chi connectivity index (χ3v) is 21.5. The SMILES string of the molecule is C.CC(C)(C)[Si](C)(C)OCC1(c2ccccc2)CCN(C(=O)OCc2ccccc2)CC1.CC(C)(C)[Si](C)(C)OCC1(c2ccccc2)CCNCC1. The summed E-state index contributed by atoms with van der Waals surface area (Å²) in [6.45, 7) is 28.6. The summed E-state index contributed by atoms with van der Waals surface area (Å²) in [4.78, 5) is 14.5. The van der Waals surface area contributed by atoms with Gasteiger partial charge in [0, 0.05) is 37.1 Å². The van der Waals surface area contributed by atoms with Crippen molar-refractivity contribution in [2.24, 2.45) is 0 Å². The number of nitrogens with one attached hydrogen (secondary N) is 1. The van der Waals surface area contributed by atoms with Crippen LogP contribution >= 0.6 is 0 Å². The lowest BCUT2D eigenvalue weighted by molar-refractivity contribution is 0.0652. The second-order valence-electron chi connectivity index (χ2n) is 18.2. The molecule has 2 saturated heterocycles. The van der Waals surface area contributed by atoms with Gasteiger partial charge in [-0.15, -0.1) is 0 Å². The molecule has 0 spiro atoms. The molecule has 53 heavy (non-hydrogen) atoms. The highest BCUT2D eigenvalue weighted by molar-refractivity contribution is 6.74. The summed E-state index contributed by atoms with van der Waals surface area (Å²) < 4.78 is 18.9. The Morgan fingerprint density at radius 2 is 1.02 bits per heavy atom. The summed E-state index contributed by atoms with van der Waals surface area (Å²) >= 11 is 0. The fourth-order valence-corrected chi connectivity index (χ4v) is 8.66. The molecule has 0 unspecified atom stereocenters. The van der Waals surface area contributed by atoms with Crippen molar-refractivity contribution < 1.29 is 18.4 Å².